The average Bonchev–Trinajstić information content (AvgIpc) is 3.20. The maximum absolute atomic E-state index is 13.2. The third-order valence-electron chi connectivity index (χ3n) is 5.01. The second-order valence-corrected chi connectivity index (χ2v) is 9.76. The topological polar surface area (TPSA) is 118 Å². The summed E-state index contributed by atoms with van der Waals surface area (Å²) < 4.78 is 33.1. The molecule has 0 radical (unpaired) electrons. The van der Waals surface area contributed by atoms with Gasteiger partial charge in [0.15, 0.2) is 11.7 Å². The van der Waals surface area contributed by atoms with E-state index in [4.69, 9.17) is 4.74 Å². The predicted octanol–water partition coefficient (Wildman–Crippen LogP) is 1.82. The fourth-order valence-corrected chi connectivity index (χ4v) is 5.71. The second kappa shape index (κ2) is 7.73. The van der Waals surface area contributed by atoms with Crippen LogP contribution in [0.5, 0.6) is 5.75 Å². The van der Waals surface area contributed by atoms with Crippen LogP contribution in [0.15, 0.2) is 28.6 Å². The van der Waals surface area contributed by atoms with Crippen molar-refractivity contribution >= 4 is 44.0 Å². The van der Waals surface area contributed by atoms with E-state index in [1.165, 1.54) is 21.7 Å². The Morgan fingerprint density at radius 3 is 2.79 bits per heavy atom. The molecule has 3 heterocycles. The molecule has 0 spiro atoms. The molecule has 2 aliphatic heterocycles. The normalized spacial score (nSPS) is 17.9. The van der Waals surface area contributed by atoms with Gasteiger partial charge in [0.1, 0.15) is 5.75 Å². The number of benzene rings is 1. The number of amides is 2. The van der Waals surface area contributed by atoms with Crippen molar-refractivity contribution in [3.8, 4) is 5.75 Å². The van der Waals surface area contributed by atoms with Crippen LogP contribution >= 0.6 is 11.3 Å². The molecule has 0 aliphatic carbocycles. The largest absolute Gasteiger partial charge is 0.482 e. The third kappa shape index (κ3) is 3.98. The first kappa shape index (κ1) is 19.8. The molecule has 2 aliphatic rings. The van der Waals surface area contributed by atoms with E-state index in [-0.39, 0.29) is 42.3 Å². The second-order valence-electron chi connectivity index (χ2n) is 6.96. The van der Waals surface area contributed by atoms with Crippen LogP contribution in [-0.2, 0) is 19.6 Å². The molecule has 0 bridgehead atoms. The number of nitrogens with zero attached hydrogens (tertiary/aromatic N) is 2. The van der Waals surface area contributed by atoms with Crippen molar-refractivity contribution < 1.29 is 22.7 Å². The molecule has 1 aromatic carbocycles. The van der Waals surface area contributed by atoms with Gasteiger partial charge in [-0.15, -0.1) is 11.3 Å². The maximum Gasteiger partial charge on any atom is 0.262 e. The van der Waals surface area contributed by atoms with Crippen molar-refractivity contribution in [1.82, 2.24) is 9.29 Å². The first-order chi connectivity index (χ1) is 13.8. The number of fused-ring (bicyclic) bond motifs is 1. The standard InChI is InChI=1S/C18H20N4O5S2/c1-11-8-13-14(27-10-16(23)20-13)9-15(11)29(25,26)22-5-2-12(3-6-22)17(24)21-18-19-4-7-28-18/h4,7-9,12H,2-3,5-6,10H2,1H3,(H,20,23)(H,19,21,24). The lowest BCUT2D eigenvalue weighted by Gasteiger charge is -2.31. The van der Waals surface area contributed by atoms with E-state index in [0.29, 0.717) is 35.0 Å². The zero-order valence-electron chi connectivity index (χ0n) is 15.7. The highest BCUT2D eigenvalue weighted by molar-refractivity contribution is 7.89. The summed E-state index contributed by atoms with van der Waals surface area (Å²) >= 11 is 1.34. The monoisotopic (exact) mass is 436 g/mol. The number of piperidine rings is 1. The van der Waals surface area contributed by atoms with Gasteiger partial charge in [-0.1, -0.05) is 0 Å². The summed E-state index contributed by atoms with van der Waals surface area (Å²) in [5.41, 5.74) is 0.994. The predicted molar refractivity (Wildman–Crippen MR) is 108 cm³/mol. The van der Waals surface area contributed by atoms with E-state index in [0.717, 1.165) is 0 Å². The summed E-state index contributed by atoms with van der Waals surface area (Å²) in [6.45, 7) is 2.05. The first-order valence-electron chi connectivity index (χ1n) is 9.12. The van der Waals surface area contributed by atoms with E-state index >= 15 is 0 Å². The summed E-state index contributed by atoms with van der Waals surface area (Å²) in [5, 5.41) is 7.77. The molecule has 154 valence electrons. The molecule has 0 atom stereocenters. The summed E-state index contributed by atoms with van der Waals surface area (Å²) in [6, 6.07) is 3.06. The molecule has 11 heteroatoms. The first-order valence-corrected chi connectivity index (χ1v) is 11.4. The van der Waals surface area contributed by atoms with Crippen molar-refractivity contribution in [3.63, 3.8) is 0 Å². The van der Waals surface area contributed by atoms with Gasteiger partial charge >= 0.3 is 0 Å². The molecule has 2 N–H and O–H groups in total. The maximum atomic E-state index is 13.2. The number of hydrogen-bond acceptors (Lipinski definition) is 7. The lowest BCUT2D eigenvalue weighted by molar-refractivity contribution is -0.121. The molecule has 2 aromatic rings. The number of hydrogen-bond donors (Lipinski definition) is 2. The summed E-state index contributed by atoms with van der Waals surface area (Å²) in [4.78, 5) is 28.0. The number of nitrogens with one attached hydrogen (secondary N) is 2. The third-order valence-corrected chi connectivity index (χ3v) is 7.74. The van der Waals surface area contributed by atoms with Crippen LogP contribution in [0.3, 0.4) is 0 Å². The molecule has 4 rings (SSSR count). The minimum atomic E-state index is -3.74. The molecule has 1 fully saturated rings. The highest BCUT2D eigenvalue weighted by Crippen LogP contribution is 2.35. The fourth-order valence-electron chi connectivity index (χ4n) is 3.48. The molecule has 9 nitrogen and oxygen atoms in total. The zero-order chi connectivity index (χ0) is 20.6. The van der Waals surface area contributed by atoms with Crippen LogP contribution in [0.25, 0.3) is 0 Å². The molecule has 0 unspecified atom stereocenters. The van der Waals surface area contributed by atoms with Gasteiger partial charge in [-0.3, -0.25) is 9.59 Å². The average molecular weight is 437 g/mol. The Kier molecular flexibility index (Phi) is 5.28. The van der Waals surface area contributed by atoms with Crippen LogP contribution < -0.4 is 15.4 Å². The van der Waals surface area contributed by atoms with E-state index in [1.807, 2.05) is 0 Å². The molecule has 1 aromatic heterocycles. The van der Waals surface area contributed by atoms with Gasteiger partial charge in [-0.05, 0) is 31.4 Å². The van der Waals surface area contributed by atoms with Crippen molar-refractivity contribution in [2.75, 3.05) is 30.3 Å². The van der Waals surface area contributed by atoms with Gasteiger partial charge < -0.3 is 15.4 Å². The molecule has 0 saturated carbocycles. The lowest BCUT2D eigenvalue weighted by atomic mass is 9.97. The van der Waals surface area contributed by atoms with E-state index in [2.05, 4.69) is 15.6 Å². The number of ether oxygens (including phenoxy) is 1. The lowest BCUT2D eigenvalue weighted by Crippen LogP contribution is -2.41. The molecule has 2 amide bonds. The zero-order valence-corrected chi connectivity index (χ0v) is 17.3. The highest BCUT2D eigenvalue weighted by atomic mass is 32.2. The Labute approximate surface area is 172 Å². The van der Waals surface area contributed by atoms with Gasteiger partial charge in [0.2, 0.25) is 15.9 Å². The molecular formula is C18H20N4O5S2. The Bertz CT molecular complexity index is 1040. The summed E-state index contributed by atoms with van der Waals surface area (Å²) in [7, 11) is -3.74. The van der Waals surface area contributed by atoms with Crippen molar-refractivity contribution in [2.45, 2.75) is 24.7 Å². The van der Waals surface area contributed by atoms with Crippen LogP contribution in [-0.4, -0.2) is 49.2 Å². The molecule has 1 saturated heterocycles. The minimum absolute atomic E-state index is 0.133. The van der Waals surface area contributed by atoms with Gasteiger partial charge in [0, 0.05) is 36.7 Å². The van der Waals surface area contributed by atoms with Gasteiger partial charge in [-0.25, -0.2) is 13.4 Å². The van der Waals surface area contributed by atoms with Gasteiger partial charge in [0.05, 0.1) is 10.6 Å². The number of anilines is 2. The van der Waals surface area contributed by atoms with E-state index in [1.54, 1.807) is 24.6 Å². The highest BCUT2D eigenvalue weighted by Gasteiger charge is 2.34. The number of thiazole rings is 1. The quantitative estimate of drug-likeness (QED) is 0.755. The van der Waals surface area contributed by atoms with Gasteiger partial charge in [0.25, 0.3) is 5.91 Å². The number of aryl methyl sites for hydroxylation is 1. The molecule has 29 heavy (non-hydrogen) atoms. The fraction of sp³-hybridized carbons (Fsp3) is 0.389. The SMILES string of the molecule is Cc1cc2c(cc1S(=O)(=O)N1CCC(C(=O)Nc3nccs3)CC1)OCC(=O)N2. The van der Waals surface area contributed by atoms with Crippen molar-refractivity contribution in [1.29, 1.82) is 0 Å². The number of sulfonamides is 1. The van der Waals surface area contributed by atoms with Crippen molar-refractivity contribution in [3.05, 3.63) is 29.3 Å². The van der Waals surface area contributed by atoms with Crippen LogP contribution in [0.2, 0.25) is 0 Å². The van der Waals surface area contributed by atoms with Crippen LogP contribution in [0, 0.1) is 12.8 Å². The number of aromatic nitrogens is 1. The number of rotatable bonds is 4. The van der Waals surface area contributed by atoms with Crippen molar-refractivity contribution in [2.24, 2.45) is 5.92 Å². The van der Waals surface area contributed by atoms with Crippen LogP contribution in [0.1, 0.15) is 18.4 Å². The smallest absolute Gasteiger partial charge is 0.262 e. The Hall–Kier alpha value is -2.50. The Balaban J connectivity index is 1.46. The summed E-state index contributed by atoms with van der Waals surface area (Å²) in [5.74, 6) is -0.322. The number of carbonyl (C=O) groups is 2. The van der Waals surface area contributed by atoms with E-state index < -0.39 is 10.0 Å². The number of carbonyl (C=O) groups excluding carboxylic acids is 2. The summed E-state index contributed by atoms with van der Waals surface area (Å²) in [6.07, 6.45) is 2.49. The van der Waals surface area contributed by atoms with Crippen LogP contribution in [0.4, 0.5) is 10.8 Å². The minimum Gasteiger partial charge on any atom is -0.482 e. The van der Waals surface area contributed by atoms with E-state index in [9.17, 15) is 18.0 Å². The molecular weight excluding hydrogens is 416 g/mol. The van der Waals surface area contributed by atoms with Gasteiger partial charge in [-0.2, -0.15) is 4.31 Å². The Morgan fingerprint density at radius 1 is 1.34 bits per heavy atom. The Morgan fingerprint density at radius 2 is 2.10 bits per heavy atom.